The van der Waals surface area contributed by atoms with E-state index in [2.05, 4.69) is 0 Å². The molecule has 0 amide bonds. The van der Waals surface area contributed by atoms with Crippen LogP contribution in [0.25, 0.3) is 21.9 Å². The number of benzene rings is 2. The standard InChI is InChI=1S/C20H12O5/c1-11-9-17(21)25-19-13(11)7-8-16-14(19)10-15(20(23)24-16)18(22)12-5-3-2-4-6-12/h2-10H,1H3. The van der Waals surface area contributed by atoms with Crippen LogP contribution in [0.4, 0.5) is 0 Å². The molecule has 0 aliphatic heterocycles. The van der Waals surface area contributed by atoms with Crippen LogP contribution in [-0.4, -0.2) is 5.78 Å². The largest absolute Gasteiger partial charge is 0.422 e. The van der Waals surface area contributed by atoms with Gasteiger partial charge in [-0.3, -0.25) is 4.79 Å². The Hall–Kier alpha value is -3.47. The molecule has 0 atom stereocenters. The summed E-state index contributed by atoms with van der Waals surface area (Å²) in [4.78, 5) is 36.6. The molecule has 5 nitrogen and oxygen atoms in total. The Labute approximate surface area is 141 Å². The van der Waals surface area contributed by atoms with E-state index >= 15 is 0 Å². The average molecular weight is 332 g/mol. The van der Waals surface area contributed by atoms with Crippen molar-refractivity contribution >= 4 is 27.7 Å². The average Bonchev–Trinajstić information content (AvgIpc) is 2.61. The van der Waals surface area contributed by atoms with E-state index in [0.717, 1.165) is 10.9 Å². The molecule has 5 heteroatoms. The molecular weight excluding hydrogens is 320 g/mol. The molecule has 0 N–H and O–H groups in total. The van der Waals surface area contributed by atoms with Gasteiger partial charge < -0.3 is 8.83 Å². The lowest BCUT2D eigenvalue weighted by Gasteiger charge is -2.05. The topological polar surface area (TPSA) is 77.5 Å². The van der Waals surface area contributed by atoms with E-state index in [1.54, 1.807) is 49.4 Å². The van der Waals surface area contributed by atoms with Gasteiger partial charge in [-0.1, -0.05) is 30.3 Å². The third-order valence-corrected chi connectivity index (χ3v) is 4.11. The fraction of sp³-hybridized carbons (Fsp3) is 0.0500. The smallest absolute Gasteiger partial charge is 0.347 e. The van der Waals surface area contributed by atoms with Crippen molar-refractivity contribution in [3.05, 3.63) is 92.1 Å². The van der Waals surface area contributed by atoms with Crippen LogP contribution in [0.1, 0.15) is 21.5 Å². The summed E-state index contributed by atoms with van der Waals surface area (Å²) in [5.74, 6) is -0.441. The number of hydrogen-bond donors (Lipinski definition) is 0. The van der Waals surface area contributed by atoms with Gasteiger partial charge in [0.25, 0.3) is 0 Å². The third-order valence-electron chi connectivity index (χ3n) is 4.11. The van der Waals surface area contributed by atoms with E-state index < -0.39 is 17.0 Å². The highest BCUT2D eigenvalue weighted by Gasteiger charge is 2.17. The van der Waals surface area contributed by atoms with Gasteiger partial charge in [-0.2, -0.15) is 0 Å². The minimum absolute atomic E-state index is 0.102. The molecule has 2 aromatic heterocycles. The van der Waals surface area contributed by atoms with Crippen LogP contribution in [0, 0.1) is 6.92 Å². The molecule has 0 bridgehead atoms. The summed E-state index contributed by atoms with van der Waals surface area (Å²) in [6.07, 6.45) is 0. The first-order valence-electron chi connectivity index (χ1n) is 7.65. The number of carbonyl (C=O) groups excluding carboxylic acids is 1. The summed E-state index contributed by atoms with van der Waals surface area (Å²) in [5.41, 5.74) is 0.359. The maximum atomic E-state index is 12.6. The van der Waals surface area contributed by atoms with Crippen LogP contribution in [0.3, 0.4) is 0 Å². The van der Waals surface area contributed by atoms with Crippen LogP contribution < -0.4 is 11.3 Å². The lowest BCUT2D eigenvalue weighted by atomic mass is 10.0. The Kier molecular flexibility index (Phi) is 3.35. The monoisotopic (exact) mass is 332 g/mol. The predicted molar refractivity (Wildman–Crippen MR) is 93.1 cm³/mol. The minimum Gasteiger partial charge on any atom is -0.422 e. The van der Waals surface area contributed by atoms with Gasteiger partial charge in [-0.15, -0.1) is 0 Å². The molecule has 2 heterocycles. The van der Waals surface area contributed by atoms with E-state index in [0.29, 0.717) is 16.5 Å². The Morgan fingerprint density at radius 1 is 0.880 bits per heavy atom. The Morgan fingerprint density at radius 2 is 1.64 bits per heavy atom. The molecule has 0 fully saturated rings. The number of hydrogen-bond acceptors (Lipinski definition) is 5. The molecule has 4 aromatic rings. The van der Waals surface area contributed by atoms with E-state index in [-0.39, 0.29) is 11.1 Å². The second-order valence-corrected chi connectivity index (χ2v) is 5.75. The first kappa shape index (κ1) is 15.1. The summed E-state index contributed by atoms with van der Waals surface area (Å²) in [7, 11) is 0. The van der Waals surface area contributed by atoms with Gasteiger partial charge in [-0.25, -0.2) is 9.59 Å². The first-order chi connectivity index (χ1) is 12.0. The molecule has 0 radical (unpaired) electrons. The van der Waals surface area contributed by atoms with Crippen molar-refractivity contribution in [3.63, 3.8) is 0 Å². The number of fused-ring (bicyclic) bond motifs is 3. The summed E-state index contributed by atoms with van der Waals surface area (Å²) in [6, 6.07) is 14.6. The van der Waals surface area contributed by atoms with Crippen LogP contribution in [0.15, 0.2) is 73.0 Å². The summed E-state index contributed by atoms with van der Waals surface area (Å²) in [5, 5.41) is 1.14. The molecule has 0 saturated carbocycles. The lowest BCUT2D eigenvalue weighted by molar-refractivity contribution is 0.103. The fourth-order valence-corrected chi connectivity index (χ4v) is 2.87. The molecule has 0 aliphatic rings. The van der Waals surface area contributed by atoms with Crippen molar-refractivity contribution in [2.45, 2.75) is 6.92 Å². The van der Waals surface area contributed by atoms with E-state index in [1.807, 2.05) is 0 Å². The highest BCUT2D eigenvalue weighted by molar-refractivity contribution is 6.12. The summed E-state index contributed by atoms with van der Waals surface area (Å²) < 4.78 is 10.6. The van der Waals surface area contributed by atoms with E-state index in [4.69, 9.17) is 8.83 Å². The molecule has 25 heavy (non-hydrogen) atoms. The fourth-order valence-electron chi connectivity index (χ4n) is 2.87. The number of ketones is 1. The number of rotatable bonds is 2. The van der Waals surface area contributed by atoms with Crippen molar-refractivity contribution < 1.29 is 13.6 Å². The minimum atomic E-state index is -0.726. The highest BCUT2D eigenvalue weighted by atomic mass is 16.4. The molecule has 4 rings (SSSR count). The molecule has 2 aromatic carbocycles. The Morgan fingerprint density at radius 3 is 2.40 bits per heavy atom. The molecule has 0 saturated heterocycles. The predicted octanol–water partition coefficient (Wildman–Crippen LogP) is 3.44. The summed E-state index contributed by atoms with van der Waals surface area (Å²) in [6.45, 7) is 1.79. The third kappa shape index (κ3) is 2.46. The zero-order valence-electron chi connectivity index (χ0n) is 13.2. The van der Waals surface area contributed by atoms with Crippen molar-refractivity contribution in [1.82, 2.24) is 0 Å². The number of aryl methyl sites for hydroxylation is 1. The molecular formula is C20H12O5. The normalized spacial score (nSPS) is 11.1. The van der Waals surface area contributed by atoms with Crippen molar-refractivity contribution in [1.29, 1.82) is 0 Å². The maximum Gasteiger partial charge on any atom is 0.347 e. The van der Waals surface area contributed by atoms with Crippen LogP contribution in [0.5, 0.6) is 0 Å². The molecule has 0 unspecified atom stereocenters. The van der Waals surface area contributed by atoms with Gasteiger partial charge in [0.05, 0.1) is 5.39 Å². The number of carbonyl (C=O) groups is 1. The van der Waals surface area contributed by atoms with Crippen LogP contribution >= 0.6 is 0 Å². The molecule has 0 spiro atoms. The van der Waals surface area contributed by atoms with Gasteiger partial charge in [0, 0.05) is 17.0 Å². The van der Waals surface area contributed by atoms with Crippen molar-refractivity contribution in [2.24, 2.45) is 0 Å². The maximum absolute atomic E-state index is 12.6. The van der Waals surface area contributed by atoms with Crippen molar-refractivity contribution in [2.75, 3.05) is 0 Å². The van der Waals surface area contributed by atoms with Gasteiger partial charge in [0.15, 0.2) is 5.78 Å². The molecule has 122 valence electrons. The van der Waals surface area contributed by atoms with Crippen LogP contribution in [0.2, 0.25) is 0 Å². The lowest BCUT2D eigenvalue weighted by Crippen LogP contribution is -2.14. The van der Waals surface area contributed by atoms with Gasteiger partial charge >= 0.3 is 11.3 Å². The second kappa shape index (κ2) is 5.56. The van der Waals surface area contributed by atoms with Crippen LogP contribution in [-0.2, 0) is 0 Å². The summed E-state index contributed by atoms with van der Waals surface area (Å²) >= 11 is 0. The van der Waals surface area contributed by atoms with Gasteiger partial charge in [0.2, 0.25) is 0 Å². The SMILES string of the molecule is Cc1cc(=O)oc2c1ccc1oc(=O)c(C(=O)c3ccccc3)cc12. The Balaban J connectivity index is 2.06. The van der Waals surface area contributed by atoms with Gasteiger partial charge in [0.1, 0.15) is 16.7 Å². The van der Waals surface area contributed by atoms with E-state index in [9.17, 15) is 14.4 Å². The zero-order chi connectivity index (χ0) is 17.6. The zero-order valence-corrected chi connectivity index (χ0v) is 13.2. The first-order valence-corrected chi connectivity index (χ1v) is 7.65. The highest BCUT2D eigenvalue weighted by Crippen LogP contribution is 2.26. The Bertz CT molecular complexity index is 1250. The second-order valence-electron chi connectivity index (χ2n) is 5.75. The van der Waals surface area contributed by atoms with E-state index in [1.165, 1.54) is 12.1 Å². The quantitative estimate of drug-likeness (QED) is 0.319. The van der Waals surface area contributed by atoms with Gasteiger partial charge in [-0.05, 0) is 30.7 Å². The van der Waals surface area contributed by atoms with Crippen molar-refractivity contribution in [3.8, 4) is 0 Å². The molecule has 0 aliphatic carbocycles.